The molecule has 0 aromatic heterocycles. The number of carbonyl (C=O) groups excluding carboxylic acids is 2. The molecule has 0 aliphatic rings. The van der Waals surface area contributed by atoms with Gasteiger partial charge in [0.2, 0.25) is 0 Å². The third kappa shape index (κ3) is 9.12. The molecule has 2 aromatic rings. The third-order valence-electron chi connectivity index (χ3n) is 3.53. The summed E-state index contributed by atoms with van der Waals surface area (Å²) in [6.45, 7) is 0.789. The van der Waals surface area contributed by atoms with Crippen LogP contribution in [0, 0.1) is 0 Å². The highest BCUT2D eigenvalue weighted by molar-refractivity contribution is 8.00. The van der Waals surface area contributed by atoms with Gasteiger partial charge < -0.3 is 15.2 Å². The monoisotopic (exact) mass is 424 g/mol. The van der Waals surface area contributed by atoms with Crippen LogP contribution in [-0.4, -0.2) is 29.7 Å². The molecule has 0 heterocycles. The van der Waals surface area contributed by atoms with Crippen molar-refractivity contribution < 1.29 is 19.1 Å². The van der Waals surface area contributed by atoms with Gasteiger partial charge in [-0.2, -0.15) is 0 Å². The second-order valence-corrected chi connectivity index (χ2v) is 6.91. The molecule has 1 amide bonds. The van der Waals surface area contributed by atoms with E-state index in [2.05, 4.69) is 5.32 Å². The Morgan fingerprint density at radius 2 is 1.46 bits per heavy atom. The van der Waals surface area contributed by atoms with Gasteiger partial charge in [0.15, 0.2) is 5.37 Å². The number of carbonyl (C=O) groups is 2. The third-order valence-corrected chi connectivity index (χ3v) is 4.70. The SMILES string of the molecule is Cl.NCCCS[C@H](NC(=O)OCc1ccccc1)C(=O)OCc1ccccc1. The molecule has 0 bridgehead atoms. The molecule has 0 aliphatic carbocycles. The highest BCUT2D eigenvalue weighted by Gasteiger charge is 2.23. The minimum atomic E-state index is -0.844. The zero-order valence-corrected chi connectivity index (χ0v) is 17.0. The number of esters is 1. The van der Waals surface area contributed by atoms with Crippen molar-refractivity contribution in [3.63, 3.8) is 0 Å². The largest absolute Gasteiger partial charge is 0.459 e. The van der Waals surface area contributed by atoms with Crippen LogP contribution in [0.1, 0.15) is 17.5 Å². The molecule has 0 radical (unpaired) electrons. The molecule has 0 saturated heterocycles. The molecule has 2 aromatic carbocycles. The minimum Gasteiger partial charge on any atom is -0.459 e. The number of ether oxygens (including phenoxy) is 2. The van der Waals surface area contributed by atoms with Crippen molar-refractivity contribution in [3.8, 4) is 0 Å². The van der Waals surface area contributed by atoms with Crippen LogP contribution < -0.4 is 11.1 Å². The normalized spacial score (nSPS) is 11.0. The summed E-state index contributed by atoms with van der Waals surface area (Å²) in [5.74, 6) is 0.109. The van der Waals surface area contributed by atoms with Gasteiger partial charge in [0.25, 0.3) is 0 Å². The summed E-state index contributed by atoms with van der Waals surface area (Å²) in [4.78, 5) is 24.4. The van der Waals surface area contributed by atoms with Crippen LogP contribution in [0.3, 0.4) is 0 Å². The molecule has 8 heteroatoms. The lowest BCUT2D eigenvalue weighted by Gasteiger charge is -2.17. The maximum Gasteiger partial charge on any atom is 0.408 e. The fourth-order valence-corrected chi connectivity index (χ4v) is 3.08. The summed E-state index contributed by atoms with van der Waals surface area (Å²) in [5.41, 5.74) is 7.24. The lowest BCUT2D eigenvalue weighted by atomic mass is 10.2. The van der Waals surface area contributed by atoms with Crippen molar-refractivity contribution in [1.29, 1.82) is 0 Å². The first-order valence-corrected chi connectivity index (χ1v) is 9.73. The second kappa shape index (κ2) is 13.9. The second-order valence-electron chi connectivity index (χ2n) is 5.69. The minimum absolute atomic E-state index is 0. The molecular formula is C20H25ClN2O4S. The molecule has 0 aliphatic heterocycles. The molecule has 152 valence electrons. The van der Waals surface area contributed by atoms with Gasteiger partial charge in [-0.05, 0) is 29.8 Å². The Kier molecular flexibility index (Phi) is 11.8. The first-order chi connectivity index (χ1) is 13.2. The predicted octanol–water partition coefficient (Wildman–Crippen LogP) is 3.49. The summed E-state index contributed by atoms with van der Waals surface area (Å²) in [5, 5.41) is 1.72. The maximum atomic E-state index is 12.4. The van der Waals surface area contributed by atoms with Crippen LogP contribution in [0.25, 0.3) is 0 Å². The lowest BCUT2D eigenvalue weighted by molar-refractivity contribution is -0.144. The van der Waals surface area contributed by atoms with Crippen molar-refractivity contribution in [3.05, 3.63) is 71.8 Å². The van der Waals surface area contributed by atoms with Gasteiger partial charge in [-0.15, -0.1) is 24.2 Å². The molecule has 0 spiro atoms. The number of hydrogen-bond acceptors (Lipinski definition) is 6. The summed E-state index contributed by atoms with van der Waals surface area (Å²) < 4.78 is 10.5. The summed E-state index contributed by atoms with van der Waals surface area (Å²) in [7, 11) is 0. The first-order valence-electron chi connectivity index (χ1n) is 8.68. The van der Waals surface area contributed by atoms with E-state index in [4.69, 9.17) is 15.2 Å². The Balaban J connectivity index is 0.00000392. The Morgan fingerprint density at radius 3 is 2.00 bits per heavy atom. The van der Waals surface area contributed by atoms with E-state index in [1.807, 2.05) is 60.7 Å². The van der Waals surface area contributed by atoms with Crippen molar-refractivity contribution in [2.24, 2.45) is 5.73 Å². The Labute approximate surface area is 175 Å². The van der Waals surface area contributed by atoms with Crippen LogP contribution in [0.15, 0.2) is 60.7 Å². The quantitative estimate of drug-likeness (QED) is 0.344. The van der Waals surface area contributed by atoms with Gasteiger partial charge in [0.1, 0.15) is 13.2 Å². The molecule has 3 N–H and O–H groups in total. The number of thioether (sulfide) groups is 1. The van der Waals surface area contributed by atoms with Gasteiger partial charge in [0, 0.05) is 0 Å². The van der Waals surface area contributed by atoms with Gasteiger partial charge in [-0.25, -0.2) is 9.59 Å². The van der Waals surface area contributed by atoms with Crippen molar-refractivity contribution in [2.75, 3.05) is 12.3 Å². The average Bonchev–Trinajstić information content (AvgIpc) is 2.71. The smallest absolute Gasteiger partial charge is 0.408 e. The number of rotatable bonds is 10. The number of hydrogen-bond donors (Lipinski definition) is 2. The topological polar surface area (TPSA) is 90.6 Å². The summed E-state index contributed by atoms with van der Waals surface area (Å²) in [6, 6.07) is 18.7. The van der Waals surface area contributed by atoms with Crippen LogP contribution in [0.2, 0.25) is 0 Å². The van der Waals surface area contributed by atoms with Crippen molar-refractivity contribution in [2.45, 2.75) is 25.0 Å². The van der Waals surface area contributed by atoms with Crippen molar-refractivity contribution >= 4 is 36.2 Å². The molecule has 2 rings (SSSR count). The zero-order valence-electron chi connectivity index (χ0n) is 15.4. The average molecular weight is 425 g/mol. The van der Waals surface area contributed by atoms with E-state index in [1.54, 1.807) is 0 Å². The number of alkyl carbamates (subject to hydrolysis) is 1. The maximum absolute atomic E-state index is 12.4. The van der Waals surface area contributed by atoms with Gasteiger partial charge in [0.05, 0.1) is 0 Å². The van der Waals surface area contributed by atoms with E-state index in [0.717, 1.165) is 17.5 Å². The lowest BCUT2D eigenvalue weighted by Crippen LogP contribution is -2.40. The van der Waals surface area contributed by atoms with Crippen LogP contribution >= 0.6 is 24.2 Å². The van der Waals surface area contributed by atoms with E-state index in [0.29, 0.717) is 12.3 Å². The molecule has 0 fully saturated rings. The molecule has 28 heavy (non-hydrogen) atoms. The Morgan fingerprint density at radius 1 is 0.929 bits per heavy atom. The Hall–Kier alpha value is -2.22. The van der Waals surface area contributed by atoms with E-state index in [1.165, 1.54) is 11.8 Å². The number of amides is 1. The van der Waals surface area contributed by atoms with E-state index in [-0.39, 0.29) is 25.6 Å². The summed E-state index contributed by atoms with van der Waals surface area (Å²) >= 11 is 1.27. The fraction of sp³-hybridized carbons (Fsp3) is 0.300. The molecule has 0 unspecified atom stereocenters. The van der Waals surface area contributed by atoms with Crippen LogP contribution in [0.5, 0.6) is 0 Å². The molecule has 1 atom stereocenters. The van der Waals surface area contributed by atoms with Gasteiger partial charge >= 0.3 is 12.1 Å². The van der Waals surface area contributed by atoms with Gasteiger partial charge in [-0.3, -0.25) is 5.32 Å². The van der Waals surface area contributed by atoms with Crippen molar-refractivity contribution in [1.82, 2.24) is 5.32 Å². The van der Waals surface area contributed by atoms with Crippen LogP contribution in [-0.2, 0) is 27.5 Å². The number of halogens is 1. The van der Waals surface area contributed by atoms with Gasteiger partial charge in [-0.1, -0.05) is 60.7 Å². The highest BCUT2D eigenvalue weighted by atomic mass is 35.5. The number of nitrogens with two attached hydrogens (primary N) is 1. The zero-order chi connectivity index (χ0) is 19.3. The fourth-order valence-electron chi connectivity index (χ4n) is 2.13. The number of nitrogens with one attached hydrogen (secondary N) is 1. The summed E-state index contributed by atoms with van der Waals surface area (Å²) in [6.07, 6.45) is 0.0641. The highest BCUT2D eigenvalue weighted by Crippen LogP contribution is 2.13. The molecular weight excluding hydrogens is 400 g/mol. The Bertz CT molecular complexity index is 704. The first kappa shape index (κ1) is 23.8. The number of benzene rings is 2. The van der Waals surface area contributed by atoms with Crippen LogP contribution in [0.4, 0.5) is 4.79 Å². The molecule has 6 nitrogen and oxygen atoms in total. The molecule has 0 saturated carbocycles. The van der Waals surface area contributed by atoms with E-state index < -0.39 is 17.4 Å². The van der Waals surface area contributed by atoms with E-state index >= 15 is 0 Å². The predicted molar refractivity (Wildman–Crippen MR) is 113 cm³/mol. The standard InChI is InChI=1S/C20H24N2O4S.ClH/c21-12-7-13-27-18(19(23)25-14-16-8-3-1-4-9-16)22-20(24)26-15-17-10-5-2-6-11-17;/h1-6,8-11,18H,7,12-15,21H2,(H,22,24);1H/t18-;/m0./s1. The van der Waals surface area contributed by atoms with E-state index in [9.17, 15) is 9.59 Å².